The van der Waals surface area contributed by atoms with Gasteiger partial charge >= 0.3 is 11.9 Å². The lowest BCUT2D eigenvalue weighted by molar-refractivity contribution is 0.0592. The summed E-state index contributed by atoms with van der Waals surface area (Å²) in [7, 11) is 2.73. The van der Waals surface area contributed by atoms with Crippen LogP contribution in [-0.2, 0) is 9.47 Å². The zero-order valence-corrected chi connectivity index (χ0v) is 14.7. The van der Waals surface area contributed by atoms with Crippen LogP contribution in [0.5, 0.6) is 0 Å². The molecule has 0 amide bonds. The van der Waals surface area contributed by atoms with Crippen molar-refractivity contribution in [3.8, 4) is 0 Å². The summed E-state index contributed by atoms with van der Waals surface area (Å²) < 4.78 is 9.33. The minimum Gasteiger partial charge on any atom is -0.465 e. The van der Waals surface area contributed by atoms with Gasteiger partial charge in [0.05, 0.1) is 25.3 Å². The SMILES string of the molecule is COC(=O)c1ccc(\C=C/C=C/C=C/c2ccc(C(=O)OC)cc2)cc1. The maximum absolute atomic E-state index is 11.4. The molecule has 2 rings (SSSR count). The van der Waals surface area contributed by atoms with Gasteiger partial charge in [-0.3, -0.25) is 0 Å². The summed E-state index contributed by atoms with van der Waals surface area (Å²) in [4.78, 5) is 22.7. The topological polar surface area (TPSA) is 52.6 Å². The van der Waals surface area contributed by atoms with E-state index in [1.165, 1.54) is 14.2 Å². The van der Waals surface area contributed by atoms with Gasteiger partial charge in [-0.25, -0.2) is 9.59 Å². The lowest BCUT2D eigenvalue weighted by atomic mass is 10.1. The maximum atomic E-state index is 11.4. The summed E-state index contributed by atoms with van der Waals surface area (Å²) in [5.41, 5.74) is 3.04. The van der Waals surface area contributed by atoms with Gasteiger partial charge in [0, 0.05) is 0 Å². The van der Waals surface area contributed by atoms with Gasteiger partial charge in [-0.15, -0.1) is 0 Å². The van der Waals surface area contributed by atoms with Crippen molar-refractivity contribution in [2.75, 3.05) is 14.2 Å². The van der Waals surface area contributed by atoms with E-state index in [1.807, 2.05) is 60.7 Å². The fourth-order valence-corrected chi connectivity index (χ4v) is 2.16. The Morgan fingerprint density at radius 3 is 1.27 bits per heavy atom. The lowest BCUT2D eigenvalue weighted by Crippen LogP contribution is -2.00. The van der Waals surface area contributed by atoms with Crippen LogP contribution in [-0.4, -0.2) is 26.2 Å². The van der Waals surface area contributed by atoms with Crippen molar-refractivity contribution in [2.45, 2.75) is 0 Å². The summed E-state index contributed by atoms with van der Waals surface area (Å²) in [5.74, 6) is -0.685. The van der Waals surface area contributed by atoms with Gasteiger partial charge in [-0.1, -0.05) is 60.7 Å². The number of esters is 2. The number of hydrogen-bond acceptors (Lipinski definition) is 4. The van der Waals surface area contributed by atoms with Crippen molar-refractivity contribution in [3.05, 3.63) is 95.1 Å². The molecule has 0 spiro atoms. The number of carbonyl (C=O) groups excluding carboxylic acids is 2. The van der Waals surface area contributed by atoms with Crippen LogP contribution < -0.4 is 0 Å². The number of methoxy groups -OCH3 is 2. The van der Waals surface area contributed by atoms with Gasteiger partial charge in [-0.2, -0.15) is 0 Å². The van der Waals surface area contributed by atoms with Crippen LogP contribution in [0.2, 0.25) is 0 Å². The Kier molecular flexibility index (Phi) is 7.13. The minimum atomic E-state index is -0.342. The zero-order valence-electron chi connectivity index (χ0n) is 14.7. The molecular weight excluding hydrogens is 328 g/mol. The summed E-state index contributed by atoms with van der Waals surface area (Å²) in [6.07, 6.45) is 11.5. The van der Waals surface area contributed by atoms with Crippen LogP contribution >= 0.6 is 0 Å². The monoisotopic (exact) mass is 348 g/mol. The number of rotatable bonds is 6. The first-order chi connectivity index (χ1) is 12.6. The number of benzene rings is 2. The molecule has 132 valence electrons. The summed E-state index contributed by atoms with van der Waals surface area (Å²) in [5, 5.41) is 0. The third-order valence-corrected chi connectivity index (χ3v) is 3.57. The number of hydrogen-bond donors (Lipinski definition) is 0. The quantitative estimate of drug-likeness (QED) is 0.568. The molecule has 26 heavy (non-hydrogen) atoms. The predicted octanol–water partition coefficient (Wildman–Crippen LogP) is 4.54. The van der Waals surface area contributed by atoms with E-state index in [-0.39, 0.29) is 11.9 Å². The molecule has 0 saturated carbocycles. The molecule has 0 bridgehead atoms. The van der Waals surface area contributed by atoms with E-state index < -0.39 is 0 Å². The van der Waals surface area contributed by atoms with Gasteiger partial charge in [0.15, 0.2) is 0 Å². The van der Waals surface area contributed by atoms with E-state index in [1.54, 1.807) is 24.3 Å². The fourth-order valence-electron chi connectivity index (χ4n) is 2.16. The average molecular weight is 348 g/mol. The highest BCUT2D eigenvalue weighted by Gasteiger charge is 2.03. The Hall–Kier alpha value is -3.40. The third-order valence-electron chi connectivity index (χ3n) is 3.57. The van der Waals surface area contributed by atoms with E-state index in [2.05, 4.69) is 9.47 Å². The smallest absolute Gasteiger partial charge is 0.337 e. The van der Waals surface area contributed by atoms with E-state index in [9.17, 15) is 9.59 Å². The largest absolute Gasteiger partial charge is 0.465 e. The summed E-state index contributed by atoms with van der Waals surface area (Å²) in [6.45, 7) is 0. The second-order valence-corrected chi connectivity index (χ2v) is 5.33. The van der Waals surface area contributed by atoms with E-state index >= 15 is 0 Å². The van der Waals surface area contributed by atoms with E-state index in [0.29, 0.717) is 11.1 Å². The molecule has 0 radical (unpaired) electrons. The number of ether oxygens (including phenoxy) is 2. The van der Waals surface area contributed by atoms with Crippen LogP contribution in [0.4, 0.5) is 0 Å². The molecule has 0 aliphatic heterocycles. The second-order valence-electron chi connectivity index (χ2n) is 5.33. The molecule has 0 aliphatic rings. The van der Waals surface area contributed by atoms with E-state index in [0.717, 1.165) is 11.1 Å². The molecule has 2 aromatic carbocycles. The Bertz CT molecular complexity index is 754. The second kappa shape index (κ2) is 9.79. The molecule has 0 unspecified atom stereocenters. The highest BCUT2D eigenvalue weighted by atomic mass is 16.5. The number of carbonyl (C=O) groups is 2. The highest BCUT2D eigenvalue weighted by molar-refractivity contribution is 5.90. The summed E-state index contributed by atoms with van der Waals surface area (Å²) >= 11 is 0. The maximum Gasteiger partial charge on any atom is 0.337 e. The minimum absolute atomic E-state index is 0.342. The van der Waals surface area contributed by atoms with Crippen molar-refractivity contribution in [1.29, 1.82) is 0 Å². The molecular formula is C22H20O4. The van der Waals surface area contributed by atoms with Gasteiger partial charge in [0.25, 0.3) is 0 Å². The molecule has 4 nitrogen and oxygen atoms in total. The first-order valence-electron chi connectivity index (χ1n) is 8.02. The van der Waals surface area contributed by atoms with Gasteiger partial charge < -0.3 is 9.47 Å². The van der Waals surface area contributed by atoms with Crippen molar-refractivity contribution in [2.24, 2.45) is 0 Å². The van der Waals surface area contributed by atoms with Crippen molar-refractivity contribution < 1.29 is 19.1 Å². The van der Waals surface area contributed by atoms with E-state index in [4.69, 9.17) is 0 Å². The lowest BCUT2D eigenvalue weighted by Gasteiger charge is -1.99. The van der Waals surface area contributed by atoms with Crippen LogP contribution in [0.3, 0.4) is 0 Å². The molecule has 0 heterocycles. The van der Waals surface area contributed by atoms with Crippen molar-refractivity contribution in [3.63, 3.8) is 0 Å². The predicted molar refractivity (Wildman–Crippen MR) is 103 cm³/mol. The molecule has 0 aliphatic carbocycles. The van der Waals surface area contributed by atoms with Crippen LogP contribution in [0.15, 0.2) is 72.8 Å². The van der Waals surface area contributed by atoms with Crippen LogP contribution in [0.25, 0.3) is 12.2 Å². The summed E-state index contributed by atoms with van der Waals surface area (Å²) in [6, 6.07) is 14.3. The molecule has 2 aromatic rings. The molecule has 4 heteroatoms. The third kappa shape index (κ3) is 5.60. The van der Waals surface area contributed by atoms with Gasteiger partial charge in [0.1, 0.15) is 0 Å². The Balaban J connectivity index is 1.88. The van der Waals surface area contributed by atoms with Crippen molar-refractivity contribution >= 4 is 24.1 Å². The Morgan fingerprint density at radius 1 is 0.615 bits per heavy atom. The van der Waals surface area contributed by atoms with Crippen LogP contribution in [0, 0.1) is 0 Å². The average Bonchev–Trinajstić information content (AvgIpc) is 2.70. The normalized spacial score (nSPS) is 11.3. The zero-order chi connectivity index (χ0) is 18.8. The highest BCUT2D eigenvalue weighted by Crippen LogP contribution is 2.09. The first kappa shape index (κ1) is 18.9. The fraction of sp³-hybridized carbons (Fsp3) is 0.0909. The van der Waals surface area contributed by atoms with Crippen LogP contribution in [0.1, 0.15) is 31.8 Å². The van der Waals surface area contributed by atoms with Crippen molar-refractivity contribution in [1.82, 2.24) is 0 Å². The standard InChI is InChI=1S/C22H20O4/c1-25-21(23)19-13-9-17(10-14-19)7-5-3-4-6-8-18-11-15-20(16-12-18)22(24)26-2/h3-16H,1-2H3/b4-3+,7-5-,8-6+. The molecule has 0 aromatic heterocycles. The molecule has 0 N–H and O–H groups in total. The Labute approximate surface area is 153 Å². The molecule has 0 fully saturated rings. The Morgan fingerprint density at radius 2 is 0.962 bits per heavy atom. The molecule has 0 atom stereocenters. The van der Waals surface area contributed by atoms with Gasteiger partial charge in [-0.05, 0) is 35.4 Å². The first-order valence-corrected chi connectivity index (χ1v) is 8.02. The molecule has 0 saturated heterocycles. The number of allylic oxidation sites excluding steroid dienone is 4. The van der Waals surface area contributed by atoms with Gasteiger partial charge in [0.2, 0.25) is 0 Å².